The predicted octanol–water partition coefficient (Wildman–Crippen LogP) is 7.09. The third kappa shape index (κ3) is 12.9. The summed E-state index contributed by atoms with van der Waals surface area (Å²) in [5.74, 6) is -7.16. The van der Waals surface area contributed by atoms with Gasteiger partial charge in [0.15, 0.2) is 0 Å². The molecule has 0 aromatic heterocycles. The van der Waals surface area contributed by atoms with Crippen LogP contribution in [-0.4, -0.2) is 62.0 Å². The largest absolute Gasteiger partial charge is 0.459 e. The molecule has 0 N–H and O–H groups in total. The Hall–Kier alpha value is -5.68. The predicted molar refractivity (Wildman–Crippen MR) is 163 cm³/mol. The molecular weight excluding hydrogens is 720 g/mol. The number of carbonyl (C=O) groups is 4. The Labute approximate surface area is 289 Å². The highest BCUT2D eigenvalue weighted by Crippen LogP contribution is 2.27. The summed E-state index contributed by atoms with van der Waals surface area (Å²) in [5.41, 5.74) is -3.59. The molecule has 1 saturated carbocycles. The van der Waals surface area contributed by atoms with E-state index in [1.165, 1.54) is 24.3 Å². The van der Waals surface area contributed by atoms with Crippen LogP contribution in [0, 0.1) is 11.6 Å². The molecule has 3 rings (SSSR count). The van der Waals surface area contributed by atoms with Crippen LogP contribution in [-0.2, 0) is 38.1 Å². The molecule has 0 radical (unpaired) electrons. The van der Waals surface area contributed by atoms with Crippen molar-refractivity contribution in [1.29, 1.82) is 0 Å². The molecular formula is C34H28F8O10. The summed E-state index contributed by atoms with van der Waals surface area (Å²) in [6, 6.07) is 6.55. The van der Waals surface area contributed by atoms with Crippen molar-refractivity contribution in [2.24, 2.45) is 0 Å². The van der Waals surface area contributed by atoms with E-state index in [0.717, 1.165) is 36.4 Å². The van der Waals surface area contributed by atoms with Gasteiger partial charge in [0.05, 0.1) is 0 Å². The highest BCUT2D eigenvalue weighted by atomic mass is 19.4. The summed E-state index contributed by atoms with van der Waals surface area (Å²) in [5, 5.41) is 0. The lowest BCUT2D eigenvalue weighted by Gasteiger charge is -2.27. The van der Waals surface area contributed by atoms with Crippen molar-refractivity contribution in [2.75, 3.05) is 13.6 Å². The molecule has 52 heavy (non-hydrogen) atoms. The maximum Gasteiger partial charge on any atom is 0.422 e. The summed E-state index contributed by atoms with van der Waals surface area (Å²) in [4.78, 5) is 47.1. The summed E-state index contributed by atoms with van der Waals surface area (Å²) in [6.07, 6.45) is -5.50. The van der Waals surface area contributed by atoms with Crippen molar-refractivity contribution in [3.05, 3.63) is 95.6 Å². The van der Waals surface area contributed by atoms with Gasteiger partial charge in [-0.2, -0.15) is 26.3 Å². The van der Waals surface area contributed by atoms with Crippen LogP contribution < -0.4 is 9.47 Å². The quantitative estimate of drug-likeness (QED) is 0.0651. The molecule has 18 heteroatoms. The molecule has 0 saturated heterocycles. The first kappa shape index (κ1) is 40.7. The number of hydrogen-bond donors (Lipinski definition) is 0. The second-order valence-corrected chi connectivity index (χ2v) is 10.6. The molecule has 10 nitrogen and oxygen atoms in total. The zero-order chi connectivity index (χ0) is 38.6. The van der Waals surface area contributed by atoms with Gasteiger partial charge in [-0.05, 0) is 62.1 Å². The first-order valence-corrected chi connectivity index (χ1v) is 14.8. The minimum atomic E-state index is -4.98. The number of alkyl halides is 6. The first-order chi connectivity index (χ1) is 24.3. The van der Waals surface area contributed by atoms with Crippen molar-refractivity contribution >= 4 is 36.0 Å². The highest BCUT2D eigenvalue weighted by molar-refractivity contribution is 5.90. The summed E-state index contributed by atoms with van der Waals surface area (Å²) < 4.78 is 132. The maximum atomic E-state index is 14.4. The molecule has 2 aromatic carbocycles. The van der Waals surface area contributed by atoms with E-state index in [9.17, 15) is 54.3 Å². The Morgan fingerprint density at radius 1 is 0.635 bits per heavy atom. The normalized spacial score (nSPS) is 16.2. The van der Waals surface area contributed by atoms with E-state index in [4.69, 9.17) is 18.9 Å². The molecule has 1 aliphatic rings. The zero-order valence-corrected chi connectivity index (χ0v) is 26.7. The molecule has 0 spiro atoms. The third-order valence-corrected chi connectivity index (χ3v) is 6.94. The van der Waals surface area contributed by atoms with Gasteiger partial charge in [0.1, 0.15) is 46.5 Å². The average molecular weight is 749 g/mol. The standard InChI is InChI=1S/C34H28F8O10/c1-19(33(37,38)39)31(45)49-17-47-25-7-3-21(27(35)15-25)5-13-29(43)51-23-9-11-24(12-10-23)52-30(44)14-6-22-4-8-26(16-28(22)36)48-18-50-32(46)20(2)34(40,41)42/h3-8,13-16,23-24H,1-2,9-12,17-18H2/b13-5-,14-6+. The van der Waals surface area contributed by atoms with E-state index >= 15 is 0 Å². The SMILES string of the molecule is C=C(C(=O)OCOc1ccc(/C=C\C(=O)OC2CCC(OC(=O)/C=C/c3ccc(OCOC(=O)C(=C)C(F)(F)F)cc3F)CC2)c(F)c1)C(F)(F)F. The van der Waals surface area contributed by atoms with Crippen LogP contribution in [0.15, 0.2) is 72.9 Å². The van der Waals surface area contributed by atoms with Crippen molar-refractivity contribution in [3.63, 3.8) is 0 Å². The van der Waals surface area contributed by atoms with E-state index in [2.05, 4.69) is 22.6 Å². The van der Waals surface area contributed by atoms with Crippen LogP contribution in [0.25, 0.3) is 12.2 Å². The third-order valence-electron chi connectivity index (χ3n) is 6.94. The lowest BCUT2D eigenvalue weighted by atomic mass is 9.95. The lowest BCUT2D eigenvalue weighted by Crippen LogP contribution is -2.29. The Kier molecular flexibility index (Phi) is 14.1. The van der Waals surface area contributed by atoms with E-state index < -0.39 is 84.8 Å². The maximum absolute atomic E-state index is 14.4. The van der Waals surface area contributed by atoms with Gasteiger partial charge in [-0.3, -0.25) is 0 Å². The Bertz CT molecular complexity index is 1600. The van der Waals surface area contributed by atoms with Gasteiger partial charge in [0, 0.05) is 35.4 Å². The molecule has 0 bridgehead atoms. The fourth-order valence-electron chi connectivity index (χ4n) is 4.16. The Morgan fingerprint density at radius 3 is 1.29 bits per heavy atom. The summed E-state index contributed by atoms with van der Waals surface area (Å²) >= 11 is 0. The number of rotatable bonds is 14. The minimum absolute atomic E-state index is 0.0583. The smallest absolute Gasteiger partial charge is 0.422 e. The van der Waals surface area contributed by atoms with Gasteiger partial charge in [-0.25, -0.2) is 28.0 Å². The van der Waals surface area contributed by atoms with Gasteiger partial charge >= 0.3 is 36.2 Å². The topological polar surface area (TPSA) is 124 Å². The zero-order valence-electron chi connectivity index (χ0n) is 26.7. The van der Waals surface area contributed by atoms with Crippen LogP contribution in [0.4, 0.5) is 35.1 Å². The molecule has 0 unspecified atom stereocenters. The lowest BCUT2D eigenvalue weighted by molar-refractivity contribution is -0.157. The molecule has 0 aliphatic heterocycles. The van der Waals surface area contributed by atoms with E-state index in [1.807, 2.05) is 0 Å². The van der Waals surface area contributed by atoms with E-state index in [1.54, 1.807) is 0 Å². The van der Waals surface area contributed by atoms with E-state index in [-0.39, 0.29) is 22.6 Å². The average Bonchev–Trinajstić information content (AvgIpc) is 3.06. The number of hydrogen-bond acceptors (Lipinski definition) is 10. The van der Waals surface area contributed by atoms with Crippen LogP contribution in [0.2, 0.25) is 0 Å². The van der Waals surface area contributed by atoms with Crippen molar-refractivity contribution in [1.82, 2.24) is 0 Å². The van der Waals surface area contributed by atoms with Gasteiger partial charge < -0.3 is 28.4 Å². The van der Waals surface area contributed by atoms with Crippen LogP contribution in [0.5, 0.6) is 11.5 Å². The van der Waals surface area contributed by atoms with Crippen LogP contribution in [0.1, 0.15) is 36.8 Å². The highest BCUT2D eigenvalue weighted by Gasteiger charge is 2.39. The van der Waals surface area contributed by atoms with Crippen molar-refractivity contribution in [3.8, 4) is 11.5 Å². The number of halogens is 8. The fraction of sp³-hybridized carbons (Fsp3) is 0.294. The number of ether oxygens (including phenoxy) is 6. The number of esters is 4. The molecule has 280 valence electrons. The fourth-order valence-corrected chi connectivity index (χ4v) is 4.16. The van der Waals surface area contributed by atoms with Gasteiger partial charge in [-0.15, -0.1) is 0 Å². The monoisotopic (exact) mass is 748 g/mol. The van der Waals surface area contributed by atoms with Crippen LogP contribution >= 0.6 is 0 Å². The second kappa shape index (κ2) is 18.0. The summed E-state index contributed by atoms with van der Waals surface area (Å²) in [6.45, 7) is 3.27. The molecule has 0 atom stereocenters. The van der Waals surface area contributed by atoms with Crippen molar-refractivity contribution in [2.45, 2.75) is 50.2 Å². The van der Waals surface area contributed by atoms with Gasteiger partial charge in [0.25, 0.3) is 0 Å². The second-order valence-electron chi connectivity index (χ2n) is 10.6. The summed E-state index contributed by atoms with van der Waals surface area (Å²) in [7, 11) is 0. The number of benzene rings is 2. The Morgan fingerprint density at radius 2 is 0.981 bits per heavy atom. The molecule has 1 fully saturated rings. The molecule has 1 aliphatic carbocycles. The van der Waals surface area contributed by atoms with Gasteiger partial charge in [-0.1, -0.05) is 13.2 Å². The molecule has 2 aromatic rings. The molecule has 0 heterocycles. The number of carbonyl (C=O) groups excluding carboxylic acids is 4. The molecule has 0 amide bonds. The minimum Gasteiger partial charge on any atom is -0.459 e. The van der Waals surface area contributed by atoms with Crippen molar-refractivity contribution < 1.29 is 82.7 Å². The van der Waals surface area contributed by atoms with E-state index in [0.29, 0.717) is 25.7 Å². The van der Waals surface area contributed by atoms with Gasteiger partial charge in [0.2, 0.25) is 13.6 Å². The van der Waals surface area contributed by atoms with Crippen LogP contribution in [0.3, 0.4) is 0 Å². The first-order valence-electron chi connectivity index (χ1n) is 14.8. The Balaban J connectivity index is 1.37.